The molecule has 2 rings (SSSR count). The van der Waals surface area contributed by atoms with Crippen LogP contribution in [0.5, 0.6) is 0 Å². The number of hydrogen-bond acceptors (Lipinski definition) is 2. The monoisotopic (exact) mass is 221 g/mol. The normalized spacial score (nSPS) is 10.5. The molecule has 0 amide bonds. The minimum absolute atomic E-state index is 0.719. The minimum atomic E-state index is 0.719. The van der Waals surface area contributed by atoms with Gasteiger partial charge in [-0.05, 0) is 24.1 Å². The van der Waals surface area contributed by atoms with Crippen molar-refractivity contribution in [3.63, 3.8) is 0 Å². The first kappa shape index (κ1) is 10.2. The fraction of sp³-hybridized carbons (Fsp3) is 0.250. The lowest BCUT2D eigenvalue weighted by molar-refractivity contribution is 0.474. The molecular weight excluding hydrogens is 210 g/mol. The van der Waals surface area contributed by atoms with E-state index >= 15 is 0 Å². The van der Waals surface area contributed by atoms with Crippen LogP contribution in [0.3, 0.4) is 0 Å². The minimum Gasteiger partial charge on any atom is -0.446 e. The van der Waals surface area contributed by atoms with E-state index in [0.29, 0.717) is 0 Å². The molecule has 2 aromatic rings. The summed E-state index contributed by atoms with van der Waals surface area (Å²) in [5.41, 5.74) is 1.22. The van der Waals surface area contributed by atoms with Crippen LogP contribution in [0, 0.1) is 6.92 Å². The van der Waals surface area contributed by atoms with Gasteiger partial charge in [0.25, 0.3) is 0 Å². The molecule has 15 heavy (non-hydrogen) atoms. The van der Waals surface area contributed by atoms with Crippen molar-refractivity contribution >= 4 is 11.6 Å². The van der Waals surface area contributed by atoms with Crippen LogP contribution in [0.25, 0.3) is 0 Å². The summed E-state index contributed by atoms with van der Waals surface area (Å²) in [4.78, 5) is 4.05. The van der Waals surface area contributed by atoms with Crippen LogP contribution in [-0.4, -0.2) is 4.98 Å². The van der Waals surface area contributed by atoms with Crippen LogP contribution in [0.2, 0.25) is 5.02 Å². The highest BCUT2D eigenvalue weighted by molar-refractivity contribution is 6.30. The van der Waals surface area contributed by atoms with Crippen molar-refractivity contribution in [3.8, 4) is 0 Å². The fourth-order valence-corrected chi connectivity index (χ4v) is 1.69. The summed E-state index contributed by atoms with van der Waals surface area (Å²) in [7, 11) is 0. The van der Waals surface area contributed by atoms with Gasteiger partial charge in [-0.25, -0.2) is 4.98 Å². The Labute approximate surface area is 93.9 Å². The van der Waals surface area contributed by atoms with Gasteiger partial charge in [-0.15, -0.1) is 0 Å². The second kappa shape index (κ2) is 4.49. The third kappa shape index (κ3) is 2.83. The number of aromatic nitrogens is 1. The van der Waals surface area contributed by atoms with E-state index in [9.17, 15) is 0 Å². The summed E-state index contributed by atoms with van der Waals surface area (Å²) in [6.45, 7) is 1.85. The van der Waals surface area contributed by atoms with Gasteiger partial charge in [0.2, 0.25) is 0 Å². The van der Waals surface area contributed by atoms with E-state index in [1.165, 1.54) is 5.56 Å². The molecule has 0 aliphatic carbocycles. The van der Waals surface area contributed by atoms with Crippen LogP contribution in [0.15, 0.2) is 34.9 Å². The molecule has 0 saturated carbocycles. The highest BCUT2D eigenvalue weighted by Gasteiger charge is 2.01. The Morgan fingerprint density at radius 3 is 2.87 bits per heavy atom. The Morgan fingerprint density at radius 2 is 2.20 bits per heavy atom. The van der Waals surface area contributed by atoms with Gasteiger partial charge < -0.3 is 4.42 Å². The molecule has 0 bridgehead atoms. The van der Waals surface area contributed by atoms with Crippen molar-refractivity contribution in [1.29, 1.82) is 0 Å². The van der Waals surface area contributed by atoms with Gasteiger partial charge in [0, 0.05) is 18.4 Å². The van der Waals surface area contributed by atoms with Crippen molar-refractivity contribution in [3.05, 3.63) is 52.7 Å². The third-order valence-corrected chi connectivity index (χ3v) is 2.45. The zero-order valence-corrected chi connectivity index (χ0v) is 9.29. The summed E-state index contributed by atoms with van der Waals surface area (Å²) in [5.74, 6) is 1.64. The number of halogens is 1. The van der Waals surface area contributed by atoms with E-state index in [4.69, 9.17) is 16.0 Å². The first-order valence-corrected chi connectivity index (χ1v) is 5.27. The van der Waals surface area contributed by atoms with Crippen molar-refractivity contribution in [2.75, 3.05) is 0 Å². The lowest BCUT2D eigenvalue weighted by Crippen LogP contribution is -1.89. The van der Waals surface area contributed by atoms with E-state index < -0.39 is 0 Å². The predicted molar refractivity (Wildman–Crippen MR) is 60.1 cm³/mol. The van der Waals surface area contributed by atoms with Gasteiger partial charge in [0.15, 0.2) is 5.89 Å². The SMILES string of the molecule is Cc1ncc(CCc2cccc(Cl)c2)o1. The van der Waals surface area contributed by atoms with E-state index in [0.717, 1.165) is 29.5 Å². The molecule has 2 nitrogen and oxygen atoms in total. The highest BCUT2D eigenvalue weighted by atomic mass is 35.5. The van der Waals surface area contributed by atoms with Crippen LogP contribution < -0.4 is 0 Å². The second-order valence-electron chi connectivity index (χ2n) is 3.48. The Kier molecular flexibility index (Phi) is 3.07. The summed E-state index contributed by atoms with van der Waals surface area (Å²) in [5, 5.41) is 0.779. The summed E-state index contributed by atoms with van der Waals surface area (Å²) < 4.78 is 5.39. The summed E-state index contributed by atoms with van der Waals surface area (Å²) in [6, 6.07) is 7.88. The van der Waals surface area contributed by atoms with E-state index in [1.54, 1.807) is 6.20 Å². The number of hydrogen-bond donors (Lipinski definition) is 0. The molecule has 1 aromatic carbocycles. The van der Waals surface area contributed by atoms with Crippen LogP contribution in [0.4, 0.5) is 0 Å². The number of rotatable bonds is 3. The topological polar surface area (TPSA) is 26.0 Å². The Hall–Kier alpha value is -1.28. The van der Waals surface area contributed by atoms with E-state index in [-0.39, 0.29) is 0 Å². The first-order valence-electron chi connectivity index (χ1n) is 4.90. The maximum Gasteiger partial charge on any atom is 0.191 e. The van der Waals surface area contributed by atoms with Gasteiger partial charge in [-0.2, -0.15) is 0 Å². The largest absolute Gasteiger partial charge is 0.446 e. The number of nitrogens with zero attached hydrogens (tertiary/aromatic N) is 1. The molecule has 1 aromatic heterocycles. The molecule has 78 valence electrons. The first-order chi connectivity index (χ1) is 7.24. The van der Waals surface area contributed by atoms with Gasteiger partial charge in [0.1, 0.15) is 5.76 Å². The van der Waals surface area contributed by atoms with Gasteiger partial charge >= 0.3 is 0 Å². The second-order valence-corrected chi connectivity index (χ2v) is 3.91. The van der Waals surface area contributed by atoms with Crippen molar-refractivity contribution in [1.82, 2.24) is 4.98 Å². The van der Waals surface area contributed by atoms with E-state index in [2.05, 4.69) is 11.1 Å². The van der Waals surface area contributed by atoms with Crippen molar-refractivity contribution in [2.45, 2.75) is 19.8 Å². The molecule has 0 atom stereocenters. The maximum atomic E-state index is 5.89. The molecule has 0 aliphatic heterocycles. The van der Waals surface area contributed by atoms with Gasteiger partial charge in [0.05, 0.1) is 6.20 Å². The average molecular weight is 222 g/mol. The quantitative estimate of drug-likeness (QED) is 0.794. The standard InChI is InChI=1S/C12H12ClNO/c1-9-14-8-12(15-9)6-5-10-3-2-4-11(13)7-10/h2-4,7-8H,5-6H2,1H3. The Morgan fingerprint density at radius 1 is 1.33 bits per heavy atom. The van der Waals surface area contributed by atoms with Gasteiger partial charge in [-0.1, -0.05) is 23.7 Å². The van der Waals surface area contributed by atoms with Crippen molar-refractivity contribution < 1.29 is 4.42 Å². The Balaban J connectivity index is 1.99. The summed E-state index contributed by atoms with van der Waals surface area (Å²) in [6.07, 6.45) is 3.57. The molecule has 1 heterocycles. The van der Waals surface area contributed by atoms with E-state index in [1.807, 2.05) is 25.1 Å². The molecule has 0 saturated heterocycles. The molecule has 0 radical (unpaired) electrons. The molecule has 0 fully saturated rings. The maximum absolute atomic E-state index is 5.89. The fourth-order valence-electron chi connectivity index (χ4n) is 1.48. The Bertz CT molecular complexity index is 450. The lowest BCUT2D eigenvalue weighted by atomic mass is 10.1. The third-order valence-electron chi connectivity index (χ3n) is 2.22. The average Bonchev–Trinajstić information content (AvgIpc) is 2.62. The van der Waals surface area contributed by atoms with Crippen molar-refractivity contribution in [2.24, 2.45) is 0 Å². The molecule has 0 unspecified atom stereocenters. The number of oxazole rings is 1. The number of benzene rings is 1. The van der Waals surface area contributed by atoms with Crippen LogP contribution in [0.1, 0.15) is 17.2 Å². The molecule has 0 spiro atoms. The molecule has 0 aliphatic rings. The molecule has 3 heteroatoms. The zero-order chi connectivity index (χ0) is 10.7. The smallest absolute Gasteiger partial charge is 0.191 e. The summed E-state index contributed by atoms with van der Waals surface area (Å²) >= 11 is 5.89. The number of aryl methyl sites for hydroxylation is 3. The molecule has 0 N–H and O–H groups in total. The predicted octanol–water partition coefficient (Wildman–Crippen LogP) is 3.42. The van der Waals surface area contributed by atoms with Gasteiger partial charge in [-0.3, -0.25) is 0 Å². The lowest BCUT2D eigenvalue weighted by Gasteiger charge is -1.99. The molecular formula is C12H12ClNO. The zero-order valence-electron chi connectivity index (χ0n) is 8.53. The van der Waals surface area contributed by atoms with Crippen LogP contribution >= 0.6 is 11.6 Å². The highest BCUT2D eigenvalue weighted by Crippen LogP contribution is 2.13. The van der Waals surface area contributed by atoms with Crippen LogP contribution in [-0.2, 0) is 12.8 Å².